The van der Waals surface area contributed by atoms with Crippen molar-refractivity contribution in [3.05, 3.63) is 107 Å². The number of rotatable bonds is 8. The van der Waals surface area contributed by atoms with Gasteiger partial charge in [-0.05, 0) is 50.3 Å². The van der Waals surface area contributed by atoms with Crippen LogP contribution < -0.4 is 24.4 Å². The van der Waals surface area contributed by atoms with Crippen LogP contribution in [0.2, 0.25) is 0 Å². The smallest absolute Gasteiger partial charge is 0.338 e. The molecule has 0 N–H and O–H groups in total. The highest BCUT2D eigenvalue weighted by atomic mass is 32.1. The minimum absolute atomic E-state index is 0.0932. The number of hydrogen-bond acceptors (Lipinski definition) is 10. The SMILES string of the molecule is CCOC(=O)C1=C(C)N=c2s/c(=C\c3cc(OC)ccc3OC)c(=O)n2[C@H]1c1ccc(-c2cccc([N+](=O)[O-])c2)o1. The lowest BCUT2D eigenvalue weighted by molar-refractivity contribution is -0.384. The number of benzene rings is 2. The average Bonchev–Trinajstić information content (AvgIpc) is 3.57. The summed E-state index contributed by atoms with van der Waals surface area (Å²) in [4.78, 5) is 42.8. The fraction of sp³-hybridized carbons (Fsp3) is 0.207. The van der Waals surface area contributed by atoms with E-state index in [1.165, 1.54) is 23.8 Å². The minimum atomic E-state index is -0.980. The number of nitro benzene ring substituents is 1. The lowest BCUT2D eigenvalue weighted by Gasteiger charge is -2.22. The topological polar surface area (TPSA) is 135 Å². The molecule has 0 bridgehead atoms. The van der Waals surface area contributed by atoms with Crippen molar-refractivity contribution in [1.82, 2.24) is 4.57 Å². The van der Waals surface area contributed by atoms with Gasteiger partial charge in [-0.15, -0.1) is 0 Å². The van der Waals surface area contributed by atoms with Gasteiger partial charge in [-0.25, -0.2) is 9.79 Å². The van der Waals surface area contributed by atoms with Gasteiger partial charge in [-0.2, -0.15) is 0 Å². The van der Waals surface area contributed by atoms with Crippen LogP contribution in [-0.4, -0.2) is 36.3 Å². The number of non-ortho nitro benzene ring substituents is 1. The Morgan fingerprint density at radius 2 is 1.98 bits per heavy atom. The number of nitro groups is 1. The molecule has 0 fully saturated rings. The van der Waals surface area contributed by atoms with Crippen LogP contribution in [0, 0.1) is 10.1 Å². The number of carbonyl (C=O) groups is 1. The average molecular weight is 576 g/mol. The maximum atomic E-state index is 13.9. The van der Waals surface area contributed by atoms with Crippen molar-refractivity contribution >= 4 is 29.1 Å². The van der Waals surface area contributed by atoms with Crippen LogP contribution in [0.15, 0.2) is 80.1 Å². The number of methoxy groups -OCH3 is 2. The highest BCUT2D eigenvalue weighted by Crippen LogP contribution is 2.35. The first kappa shape index (κ1) is 27.6. The molecule has 0 spiro atoms. The molecule has 0 saturated heterocycles. The molecule has 1 aliphatic rings. The highest BCUT2D eigenvalue weighted by molar-refractivity contribution is 7.07. The summed E-state index contributed by atoms with van der Waals surface area (Å²) >= 11 is 1.16. The first-order valence-electron chi connectivity index (χ1n) is 12.5. The van der Waals surface area contributed by atoms with E-state index in [2.05, 4.69) is 4.99 Å². The van der Waals surface area contributed by atoms with E-state index in [0.717, 1.165) is 11.3 Å². The van der Waals surface area contributed by atoms with Crippen molar-refractivity contribution in [2.24, 2.45) is 4.99 Å². The van der Waals surface area contributed by atoms with Crippen LogP contribution in [0.4, 0.5) is 5.69 Å². The zero-order valence-electron chi connectivity index (χ0n) is 22.6. The maximum absolute atomic E-state index is 13.9. The van der Waals surface area contributed by atoms with Gasteiger partial charge in [-0.3, -0.25) is 19.5 Å². The largest absolute Gasteiger partial charge is 0.497 e. The van der Waals surface area contributed by atoms with Crippen LogP contribution in [0.3, 0.4) is 0 Å². The molecule has 5 rings (SSSR count). The summed E-state index contributed by atoms with van der Waals surface area (Å²) in [6.45, 7) is 3.48. The molecule has 12 heteroatoms. The summed E-state index contributed by atoms with van der Waals surface area (Å²) in [6.07, 6.45) is 1.68. The van der Waals surface area contributed by atoms with Gasteiger partial charge in [0.25, 0.3) is 11.2 Å². The lowest BCUT2D eigenvalue weighted by atomic mass is 10.0. The molecule has 2 aromatic heterocycles. The van der Waals surface area contributed by atoms with Gasteiger partial charge in [-0.1, -0.05) is 23.5 Å². The Bertz CT molecular complexity index is 1880. The number of ether oxygens (including phenoxy) is 3. The van der Waals surface area contributed by atoms with Crippen molar-refractivity contribution in [3.8, 4) is 22.8 Å². The van der Waals surface area contributed by atoms with Crippen molar-refractivity contribution in [2.75, 3.05) is 20.8 Å². The van der Waals surface area contributed by atoms with E-state index in [4.69, 9.17) is 18.6 Å². The molecule has 210 valence electrons. The molecule has 2 aromatic carbocycles. The Hall–Kier alpha value is -4.97. The molecule has 41 heavy (non-hydrogen) atoms. The van der Waals surface area contributed by atoms with Gasteiger partial charge < -0.3 is 18.6 Å². The number of nitrogens with zero attached hydrogens (tertiary/aromatic N) is 3. The molecule has 0 radical (unpaired) electrons. The van der Waals surface area contributed by atoms with Crippen LogP contribution in [0.5, 0.6) is 11.5 Å². The molecule has 1 aliphatic heterocycles. The van der Waals surface area contributed by atoms with Gasteiger partial charge >= 0.3 is 5.97 Å². The summed E-state index contributed by atoms with van der Waals surface area (Å²) < 4.78 is 24.0. The molecule has 11 nitrogen and oxygen atoms in total. The zero-order valence-corrected chi connectivity index (χ0v) is 23.4. The molecule has 1 atom stereocenters. The third-order valence-corrected chi connectivity index (χ3v) is 7.46. The number of hydrogen-bond donors (Lipinski definition) is 0. The Morgan fingerprint density at radius 3 is 2.68 bits per heavy atom. The van der Waals surface area contributed by atoms with Crippen molar-refractivity contribution in [2.45, 2.75) is 19.9 Å². The summed E-state index contributed by atoms with van der Waals surface area (Å²) in [5.74, 6) is 1.12. The predicted octanol–water partition coefficient (Wildman–Crippen LogP) is 3.98. The lowest BCUT2D eigenvalue weighted by Crippen LogP contribution is -2.39. The van der Waals surface area contributed by atoms with Crippen molar-refractivity contribution in [1.29, 1.82) is 0 Å². The van der Waals surface area contributed by atoms with E-state index in [9.17, 15) is 19.7 Å². The van der Waals surface area contributed by atoms with Crippen LogP contribution >= 0.6 is 11.3 Å². The number of fused-ring (bicyclic) bond motifs is 1. The minimum Gasteiger partial charge on any atom is -0.497 e. The second kappa shape index (κ2) is 11.3. The molecular weight excluding hydrogens is 550 g/mol. The summed E-state index contributed by atoms with van der Waals surface area (Å²) in [6, 6.07) is 13.6. The highest BCUT2D eigenvalue weighted by Gasteiger charge is 2.35. The standard InChI is InChI=1S/C29H25N3O8S/c1-5-39-28(34)25-16(2)30-29-31(27(33)24(41-29)15-18-14-20(37-3)9-10-21(18)38-4)26(25)23-12-11-22(40-23)17-7-6-8-19(13-17)32(35)36/h6-15,26H,5H2,1-4H3/b24-15-/t26-/m0/s1. The molecule has 3 heterocycles. The normalized spacial score (nSPS) is 14.8. The zero-order chi connectivity index (χ0) is 29.3. The fourth-order valence-corrected chi connectivity index (χ4v) is 5.62. The number of aromatic nitrogens is 1. The molecule has 4 aromatic rings. The monoisotopic (exact) mass is 575 g/mol. The fourth-order valence-electron chi connectivity index (χ4n) is 4.58. The van der Waals surface area contributed by atoms with E-state index >= 15 is 0 Å². The number of thiazole rings is 1. The third-order valence-electron chi connectivity index (χ3n) is 6.48. The number of esters is 1. The quantitative estimate of drug-likeness (QED) is 0.175. The molecule has 0 unspecified atom stereocenters. The van der Waals surface area contributed by atoms with E-state index in [1.54, 1.807) is 69.5 Å². The Morgan fingerprint density at radius 1 is 1.17 bits per heavy atom. The van der Waals surface area contributed by atoms with E-state index < -0.39 is 22.5 Å². The summed E-state index contributed by atoms with van der Waals surface area (Å²) in [5.41, 5.74) is 1.15. The van der Waals surface area contributed by atoms with Crippen molar-refractivity contribution < 1.29 is 28.3 Å². The number of furan rings is 1. The molecular formula is C29H25N3O8S. The second-order valence-corrected chi connectivity index (χ2v) is 9.93. The summed E-state index contributed by atoms with van der Waals surface area (Å²) in [7, 11) is 3.08. The maximum Gasteiger partial charge on any atom is 0.338 e. The van der Waals surface area contributed by atoms with Crippen molar-refractivity contribution in [3.63, 3.8) is 0 Å². The predicted molar refractivity (Wildman–Crippen MR) is 151 cm³/mol. The summed E-state index contributed by atoms with van der Waals surface area (Å²) in [5, 5.41) is 11.3. The Balaban J connectivity index is 1.69. The van der Waals surface area contributed by atoms with Gasteiger partial charge in [0.05, 0.1) is 41.6 Å². The van der Waals surface area contributed by atoms with E-state index in [-0.39, 0.29) is 23.6 Å². The second-order valence-electron chi connectivity index (χ2n) is 8.92. The first-order chi connectivity index (χ1) is 19.7. The number of carbonyl (C=O) groups excluding carboxylic acids is 1. The molecule has 0 amide bonds. The Kier molecular flexibility index (Phi) is 7.58. The molecule has 0 saturated carbocycles. The van der Waals surface area contributed by atoms with Crippen LogP contribution in [0.1, 0.15) is 31.2 Å². The van der Waals surface area contributed by atoms with Gasteiger partial charge in [0.15, 0.2) is 4.80 Å². The van der Waals surface area contributed by atoms with Gasteiger partial charge in [0.1, 0.15) is 29.1 Å². The Labute approximate surface area is 237 Å². The number of allylic oxidation sites excluding steroid dienone is 1. The van der Waals surface area contributed by atoms with Gasteiger partial charge in [0, 0.05) is 23.3 Å². The van der Waals surface area contributed by atoms with Gasteiger partial charge in [0.2, 0.25) is 0 Å². The molecule has 0 aliphatic carbocycles. The first-order valence-corrected chi connectivity index (χ1v) is 13.3. The van der Waals surface area contributed by atoms with Crippen LogP contribution in [0.25, 0.3) is 17.4 Å². The third kappa shape index (κ3) is 5.16. The van der Waals surface area contributed by atoms with Crippen LogP contribution in [-0.2, 0) is 9.53 Å². The van der Waals surface area contributed by atoms with E-state index in [1.807, 2.05) is 0 Å². The van der Waals surface area contributed by atoms with E-state index in [0.29, 0.717) is 43.4 Å².